The summed E-state index contributed by atoms with van der Waals surface area (Å²) in [6, 6.07) is 8.49. The maximum Gasteiger partial charge on any atom is 0.124 e. The number of nitrogens with zero attached hydrogens (tertiary/aromatic N) is 2. The third-order valence-electron chi connectivity index (χ3n) is 3.30. The Bertz CT molecular complexity index is 542. The lowest BCUT2D eigenvalue weighted by atomic mass is 10.0. The van der Waals surface area contributed by atoms with Crippen molar-refractivity contribution in [3.63, 3.8) is 0 Å². The second-order valence-electron chi connectivity index (χ2n) is 4.60. The molecule has 2 heterocycles. The molecule has 0 radical (unpaired) electrons. The van der Waals surface area contributed by atoms with Gasteiger partial charge in [-0.25, -0.2) is 0 Å². The van der Waals surface area contributed by atoms with Gasteiger partial charge < -0.3 is 10.1 Å². The van der Waals surface area contributed by atoms with Crippen LogP contribution in [0.2, 0.25) is 0 Å². The van der Waals surface area contributed by atoms with Crippen molar-refractivity contribution < 1.29 is 4.74 Å². The van der Waals surface area contributed by atoms with Gasteiger partial charge in [0.15, 0.2) is 0 Å². The molecule has 0 saturated heterocycles. The first kappa shape index (κ1) is 12.7. The van der Waals surface area contributed by atoms with Gasteiger partial charge in [0.1, 0.15) is 5.75 Å². The molecule has 1 aromatic carbocycles. The van der Waals surface area contributed by atoms with Gasteiger partial charge in [0.05, 0.1) is 13.2 Å². The lowest BCUT2D eigenvalue weighted by molar-refractivity contribution is 0.251. The fraction of sp³-hybridized carbons (Fsp3) is 0.357. The van der Waals surface area contributed by atoms with Crippen LogP contribution in [0.15, 0.2) is 41.1 Å². The Kier molecular flexibility index (Phi) is 3.84. The zero-order valence-corrected chi connectivity index (χ0v) is 12.1. The van der Waals surface area contributed by atoms with Crippen LogP contribution < -0.4 is 10.1 Å². The van der Waals surface area contributed by atoms with Gasteiger partial charge in [0.2, 0.25) is 0 Å². The summed E-state index contributed by atoms with van der Waals surface area (Å²) < 4.78 is 8.71. The summed E-state index contributed by atoms with van der Waals surface area (Å²) in [5.74, 6) is 0.992. The first-order chi connectivity index (χ1) is 9.33. The van der Waals surface area contributed by atoms with Crippen molar-refractivity contribution in [3.8, 4) is 5.75 Å². The number of nitrogens with one attached hydrogen (secondary N) is 1. The minimum absolute atomic E-state index is 0.358. The van der Waals surface area contributed by atoms with E-state index in [1.165, 1.54) is 5.56 Å². The predicted octanol–water partition coefficient (Wildman–Crippen LogP) is 2.76. The fourth-order valence-corrected chi connectivity index (χ4v) is 2.74. The van der Waals surface area contributed by atoms with Crippen LogP contribution >= 0.6 is 15.9 Å². The standard InChI is InChI=1S/C14H16BrN3O/c15-11-2-3-14-12(10-11)13(4-9-19-14)16-6-8-18-7-1-5-17-18/h1-3,5,7,10,13,16H,4,6,8-9H2. The van der Waals surface area contributed by atoms with Crippen LogP contribution in [0.3, 0.4) is 0 Å². The second-order valence-corrected chi connectivity index (χ2v) is 5.51. The Balaban J connectivity index is 1.64. The molecule has 1 unspecified atom stereocenters. The topological polar surface area (TPSA) is 39.1 Å². The summed E-state index contributed by atoms with van der Waals surface area (Å²) in [6.45, 7) is 2.56. The van der Waals surface area contributed by atoms with Crippen LogP contribution in [0, 0.1) is 0 Å². The molecule has 100 valence electrons. The molecule has 0 saturated carbocycles. The smallest absolute Gasteiger partial charge is 0.124 e. The van der Waals surface area contributed by atoms with Crippen molar-refractivity contribution in [2.24, 2.45) is 0 Å². The first-order valence-corrected chi connectivity index (χ1v) is 7.25. The van der Waals surface area contributed by atoms with Crippen LogP contribution in [-0.2, 0) is 6.54 Å². The molecule has 1 aromatic heterocycles. The third-order valence-corrected chi connectivity index (χ3v) is 3.80. The number of fused-ring (bicyclic) bond motifs is 1. The average molecular weight is 322 g/mol. The molecule has 1 N–H and O–H groups in total. The molecule has 0 bridgehead atoms. The fourth-order valence-electron chi connectivity index (χ4n) is 2.36. The maximum absolute atomic E-state index is 5.68. The lowest BCUT2D eigenvalue weighted by Gasteiger charge is -2.27. The molecule has 1 aliphatic rings. The normalized spacial score (nSPS) is 17.8. The quantitative estimate of drug-likeness (QED) is 0.941. The van der Waals surface area contributed by atoms with Gasteiger partial charge >= 0.3 is 0 Å². The molecule has 0 fully saturated rings. The summed E-state index contributed by atoms with van der Waals surface area (Å²) in [5, 5.41) is 7.78. The van der Waals surface area contributed by atoms with E-state index in [0.29, 0.717) is 6.04 Å². The molecule has 0 amide bonds. The summed E-state index contributed by atoms with van der Waals surface area (Å²) in [4.78, 5) is 0. The Morgan fingerprint density at radius 1 is 1.47 bits per heavy atom. The van der Waals surface area contributed by atoms with E-state index in [9.17, 15) is 0 Å². The van der Waals surface area contributed by atoms with Crippen LogP contribution in [0.25, 0.3) is 0 Å². The van der Waals surface area contributed by atoms with Gasteiger partial charge in [0, 0.05) is 41.4 Å². The summed E-state index contributed by atoms with van der Waals surface area (Å²) >= 11 is 3.52. The van der Waals surface area contributed by atoms with Crippen LogP contribution in [0.5, 0.6) is 5.75 Å². The Morgan fingerprint density at radius 3 is 3.26 bits per heavy atom. The predicted molar refractivity (Wildman–Crippen MR) is 77.2 cm³/mol. The highest BCUT2D eigenvalue weighted by atomic mass is 79.9. The maximum atomic E-state index is 5.68. The van der Waals surface area contributed by atoms with Gasteiger partial charge in [-0.15, -0.1) is 0 Å². The van der Waals surface area contributed by atoms with E-state index in [1.807, 2.05) is 29.1 Å². The lowest BCUT2D eigenvalue weighted by Crippen LogP contribution is -2.29. The van der Waals surface area contributed by atoms with Crippen molar-refractivity contribution >= 4 is 15.9 Å². The molecule has 2 aromatic rings. The second kappa shape index (κ2) is 5.75. The van der Waals surface area contributed by atoms with Gasteiger partial charge in [-0.3, -0.25) is 4.68 Å². The van der Waals surface area contributed by atoms with Crippen molar-refractivity contribution in [3.05, 3.63) is 46.7 Å². The van der Waals surface area contributed by atoms with Crippen LogP contribution in [0.1, 0.15) is 18.0 Å². The molecule has 19 heavy (non-hydrogen) atoms. The number of hydrogen-bond acceptors (Lipinski definition) is 3. The number of ether oxygens (including phenoxy) is 1. The van der Waals surface area contributed by atoms with E-state index in [1.54, 1.807) is 6.20 Å². The molecule has 3 rings (SSSR count). The minimum Gasteiger partial charge on any atom is -0.493 e. The van der Waals surface area contributed by atoms with Gasteiger partial charge in [-0.05, 0) is 24.3 Å². The highest BCUT2D eigenvalue weighted by molar-refractivity contribution is 9.10. The van der Waals surface area contributed by atoms with E-state index >= 15 is 0 Å². The van der Waals surface area contributed by atoms with E-state index in [-0.39, 0.29) is 0 Å². The average Bonchev–Trinajstić information content (AvgIpc) is 2.92. The summed E-state index contributed by atoms with van der Waals surface area (Å²) in [5.41, 5.74) is 1.24. The monoisotopic (exact) mass is 321 g/mol. The van der Waals surface area contributed by atoms with E-state index in [2.05, 4.69) is 32.4 Å². The highest BCUT2D eigenvalue weighted by Crippen LogP contribution is 2.33. The zero-order chi connectivity index (χ0) is 13.1. The largest absolute Gasteiger partial charge is 0.493 e. The minimum atomic E-state index is 0.358. The molecule has 0 aliphatic carbocycles. The molecular weight excluding hydrogens is 306 g/mol. The zero-order valence-electron chi connectivity index (χ0n) is 10.6. The van der Waals surface area contributed by atoms with Gasteiger partial charge in [0.25, 0.3) is 0 Å². The number of hydrogen-bond donors (Lipinski definition) is 1. The molecule has 0 spiro atoms. The Morgan fingerprint density at radius 2 is 2.42 bits per heavy atom. The number of halogens is 1. The van der Waals surface area contributed by atoms with Crippen LogP contribution in [0.4, 0.5) is 0 Å². The Labute approximate surface area is 120 Å². The first-order valence-electron chi connectivity index (χ1n) is 6.46. The SMILES string of the molecule is Brc1ccc2c(c1)C(NCCn1cccn1)CCO2. The molecular formula is C14H16BrN3O. The molecule has 5 heteroatoms. The molecule has 1 atom stereocenters. The summed E-state index contributed by atoms with van der Waals surface area (Å²) in [7, 11) is 0. The molecule has 1 aliphatic heterocycles. The van der Waals surface area contributed by atoms with Crippen molar-refractivity contribution in [2.75, 3.05) is 13.2 Å². The van der Waals surface area contributed by atoms with Crippen molar-refractivity contribution in [1.29, 1.82) is 0 Å². The van der Waals surface area contributed by atoms with Crippen molar-refractivity contribution in [2.45, 2.75) is 19.0 Å². The highest BCUT2D eigenvalue weighted by Gasteiger charge is 2.20. The van der Waals surface area contributed by atoms with E-state index < -0.39 is 0 Å². The number of rotatable bonds is 4. The molecule has 4 nitrogen and oxygen atoms in total. The number of benzene rings is 1. The van der Waals surface area contributed by atoms with Crippen molar-refractivity contribution in [1.82, 2.24) is 15.1 Å². The van der Waals surface area contributed by atoms with E-state index in [4.69, 9.17) is 4.74 Å². The Hall–Kier alpha value is -1.33. The number of aromatic nitrogens is 2. The van der Waals surface area contributed by atoms with E-state index in [0.717, 1.165) is 36.3 Å². The van der Waals surface area contributed by atoms with Crippen LogP contribution in [-0.4, -0.2) is 22.9 Å². The third kappa shape index (κ3) is 2.98. The van der Waals surface area contributed by atoms with Gasteiger partial charge in [-0.2, -0.15) is 5.10 Å². The van der Waals surface area contributed by atoms with Gasteiger partial charge in [-0.1, -0.05) is 15.9 Å². The summed E-state index contributed by atoms with van der Waals surface area (Å²) in [6.07, 6.45) is 4.79.